The quantitative estimate of drug-likeness (QED) is 0.706. The summed E-state index contributed by atoms with van der Waals surface area (Å²) in [5, 5.41) is 3.81. The fourth-order valence-electron chi connectivity index (χ4n) is 3.56. The standard InChI is InChI=1S/C22H22N2OS/c1-15-12-13-18-19(14-15)26-22(23-18)24-21(25)20(16-8-4-2-5-9-16)17-10-6-3-7-11-17/h2-11,15,20H,12-14H2,1H3,(H,23,24,25). The molecule has 0 radical (unpaired) electrons. The second kappa shape index (κ2) is 7.42. The van der Waals surface area contributed by atoms with Crippen molar-refractivity contribution in [3.8, 4) is 0 Å². The molecule has 1 aliphatic rings. The summed E-state index contributed by atoms with van der Waals surface area (Å²) >= 11 is 1.63. The third kappa shape index (κ3) is 3.56. The Bertz CT molecular complexity index is 850. The van der Waals surface area contributed by atoms with E-state index >= 15 is 0 Å². The molecule has 3 nitrogen and oxygen atoms in total. The molecule has 1 amide bonds. The van der Waals surface area contributed by atoms with Crippen LogP contribution in [0.1, 0.15) is 41.0 Å². The molecule has 0 aliphatic heterocycles. The van der Waals surface area contributed by atoms with Gasteiger partial charge in [0.2, 0.25) is 5.91 Å². The molecule has 0 fully saturated rings. The van der Waals surface area contributed by atoms with Crippen molar-refractivity contribution in [2.24, 2.45) is 5.92 Å². The van der Waals surface area contributed by atoms with Gasteiger partial charge in [0.05, 0.1) is 11.6 Å². The number of aryl methyl sites for hydroxylation is 1. The zero-order valence-corrected chi connectivity index (χ0v) is 15.6. The summed E-state index contributed by atoms with van der Waals surface area (Å²) in [7, 11) is 0. The van der Waals surface area contributed by atoms with Gasteiger partial charge in [0.25, 0.3) is 0 Å². The molecule has 1 atom stereocenters. The molecular formula is C22H22N2OS. The molecule has 1 aromatic heterocycles. The van der Waals surface area contributed by atoms with Gasteiger partial charge in [0.15, 0.2) is 5.13 Å². The van der Waals surface area contributed by atoms with Crippen molar-refractivity contribution < 1.29 is 4.79 Å². The number of nitrogens with one attached hydrogen (secondary N) is 1. The average molecular weight is 362 g/mol. The Kier molecular flexibility index (Phi) is 4.85. The first-order valence-corrected chi connectivity index (χ1v) is 9.91. The molecule has 0 saturated carbocycles. The van der Waals surface area contributed by atoms with Crippen LogP contribution in [0, 0.1) is 5.92 Å². The van der Waals surface area contributed by atoms with Crippen molar-refractivity contribution in [3.05, 3.63) is 82.4 Å². The first kappa shape index (κ1) is 17.0. The Morgan fingerprint density at radius 2 is 1.69 bits per heavy atom. The van der Waals surface area contributed by atoms with Crippen LogP contribution in [-0.2, 0) is 17.6 Å². The fraction of sp³-hybridized carbons (Fsp3) is 0.273. The van der Waals surface area contributed by atoms with Crippen LogP contribution in [0.25, 0.3) is 0 Å². The zero-order chi connectivity index (χ0) is 17.9. The largest absolute Gasteiger partial charge is 0.301 e. The second-order valence-corrected chi connectivity index (χ2v) is 8.06. The van der Waals surface area contributed by atoms with E-state index in [1.807, 2.05) is 60.7 Å². The Hall–Kier alpha value is -2.46. The molecule has 2 aromatic carbocycles. The summed E-state index contributed by atoms with van der Waals surface area (Å²) in [6.45, 7) is 2.28. The number of aromatic nitrogens is 1. The number of rotatable bonds is 4. The SMILES string of the molecule is CC1CCc2nc(NC(=O)C(c3ccccc3)c3ccccc3)sc2C1. The number of fused-ring (bicyclic) bond motifs is 1. The predicted octanol–water partition coefficient (Wildman–Crippen LogP) is 5.04. The third-order valence-electron chi connectivity index (χ3n) is 4.94. The number of benzene rings is 2. The summed E-state index contributed by atoms with van der Waals surface area (Å²) < 4.78 is 0. The van der Waals surface area contributed by atoms with Gasteiger partial charge in [-0.1, -0.05) is 67.6 Å². The first-order valence-electron chi connectivity index (χ1n) is 9.10. The number of nitrogens with zero attached hydrogens (tertiary/aromatic N) is 1. The van der Waals surface area contributed by atoms with E-state index in [1.54, 1.807) is 11.3 Å². The Morgan fingerprint density at radius 1 is 1.08 bits per heavy atom. The fourth-order valence-corrected chi connectivity index (χ4v) is 4.73. The Labute approximate surface area is 158 Å². The molecular weight excluding hydrogens is 340 g/mol. The number of carbonyl (C=O) groups excluding carboxylic acids is 1. The molecule has 0 saturated heterocycles. The van der Waals surface area contributed by atoms with Crippen molar-refractivity contribution in [1.29, 1.82) is 0 Å². The lowest BCUT2D eigenvalue weighted by Crippen LogP contribution is -2.22. The summed E-state index contributed by atoms with van der Waals surface area (Å²) in [5.41, 5.74) is 3.15. The number of hydrogen-bond donors (Lipinski definition) is 1. The number of hydrogen-bond acceptors (Lipinski definition) is 3. The highest BCUT2D eigenvalue weighted by molar-refractivity contribution is 7.15. The zero-order valence-electron chi connectivity index (χ0n) is 14.8. The van der Waals surface area contributed by atoms with Crippen LogP contribution in [0.15, 0.2) is 60.7 Å². The topological polar surface area (TPSA) is 42.0 Å². The van der Waals surface area contributed by atoms with Gasteiger partial charge in [-0.15, -0.1) is 11.3 Å². The Morgan fingerprint density at radius 3 is 2.31 bits per heavy atom. The van der Waals surface area contributed by atoms with Crippen molar-refractivity contribution in [2.75, 3.05) is 5.32 Å². The van der Waals surface area contributed by atoms with Gasteiger partial charge < -0.3 is 5.32 Å². The normalized spacial score (nSPS) is 16.3. The molecule has 4 heteroatoms. The highest BCUT2D eigenvalue weighted by Gasteiger charge is 2.25. The molecule has 1 heterocycles. The number of anilines is 1. The number of amides is 1. The molecule has 1 unspecified atom stereocenters. The Balaban J connectivity index is 1.61. The van der Waals surface area contributed by atoms with Gasteiger partial charge in [-0.05, 0) is 36.3 Å². The van der Waals surface area contributed by atoms with E-state index in [4.69, 9.17) is 0 Å². The van der Waals surface area contributed by atoms with Gasteiger partial charge >= 0.3 is 0 Å². The summed E-state index contributed by atoms with van der Waals surface area (Å²) in [6, 6.07) is 19.9. The highest BCUT2D eigenvalue weighted by Crippen LogP contribution is 2.33. The highest BCUT2D eigenvalue weighted by atomic mass is 32.1. The average Bonchev–Trinajstić information content (AvgIpc) is 3.05. The van der Waals surface area contributed by atoms with Gasteiger partial charge in [0.1, 0.15) is 0 Å². The first-order chi connectivity index (χ1) is 12.7. The lowest BCUT2D eigenvalue weighted by Gasteiger charge is -2.17. The molecule has 4 rings (SSSR count). The minimum absolute atomic E-state index is 0.0263. The van der Waals surface area contributed by atoms with Gasteiger partial charge in [-0.2, -0.15) is 0 Å². The maximum Gasteiger partial charge on any atom is 0.238 e. The van der Waals surface area contributed by atoms with E-state index in [-0.39, 0.29) is 11.8 Å². The van der Waals surface area contributed by atoms with Crippen molar-refractivity contribution in [1.82, 2.24) is 4.98 Å². The third-order valence-corrected chi connectivity index (χ3v) is 5.98. The summed E-state index contributed by atoms with van der Waals surface area (Å²) in [5.74, 6) is 0.340. The van der Waals surface area contributed by atoms with Crippen LogP contribution in [-0.4, -0.2) is 10.9 Å². The van der Waals surface area contributed by atoms with Crippen LogP contribution in [0.2, 0.25) is 0 Å². The lowest BCUT2D eigenvalue weighted by molar-refractivity contribution is -0.116. The summed E-state index contributed by atoms with van der Waals surface area (Å²) in [4.78, 5) is 19.2. The van der Waals surface area contributed by atoms with E-state index in [0.717, 1.165) is 29.1 Å². The molecule has 1 N–H and O–H groups in total. The van der Waals surface area contributed by atoms with Crippen LogP contribution in [0.3, 0.4) is 0 Å². The number of thiazole rings is 1. The van der Waals surface area contributed by atoms with Crippen molar-refractivity contribution in [3.63, 3.8) is 0 Å². The van der Waals surface area contributed by atoms with E-state index in [1.165, 1.54) is 17.0 Å². The van der Waals surface area contributed by atoms with Crippen LogP contribution in [0.4, 0.5) is 5.13 Å². The van der Waals surface area contributed by atoms with E-state index in [0.29, 0.717) is 5.92 Å². The van der Waals surface area contributed by atoms with Gasteiger partial charge in [-0.3, -0.25) is 4.79 Å². The van der Waals surface area contributed by atoms with Crippen molar-refractivity contribution >= 4 is 22.4 Å². The monoisotopic (exact) mass is 362 g/mol. The second-order valence-electron chi connectivity index (χ2n) is 6.98. The smallest absolute Gasteiger partial charge is 0.238 e. The van der Waals surface area contributed by atoms with Gasteiger partial charge in [-0.25, -0.2) is 4.98 Å². The van der Waals surface area contributed by atoms with Gasteiger partial charge in [0, 0.05) is 4.88 Å². The van der Waals surface area contributed by atoms with Crippen LogP contribution >= 0.6 is 11.3 Å². The maximum atomic E-state index is 13.1. The minimum atomic E-state index is -0.336. The molecule has 0 spiro atoms. The van der Waals surface area contributed by atoms with Crippen LogP contribution < -0.4 is 5.32 Å². The molecule has 0 bridgehead atoms. The molecule has 132 valence electrons. The minimum Gasteiger partial charge on any atom is -0.301 e. The molecule has 26 heavy (non-hydrogen) atoms. The van der Waals surface area contributed by atoms with E-state index < -0.39 is 0 Å². The van der Waals surface area contributed by atoms with E-state index in [9.17, 15) is 4.79 Å². The van der Waals surface area contributed by atoms with Crippen LogP contribution in [0.5, 0.6) is 0 Å². The predicted molar refractivity (Wildman–Crippen MR) is 107 cm³/mol. The molecule has 1 aliphatic carbocycles. The molecule has 3 aromatic rings. The maximum absolute atomic E-state index is 13.1. The van der Waals surface area contributed by atoms with E-state index in [2.05, 4.69) is 17.2 Å². The summed E-state index contributed by atoms with van der Waals surface area (Å²) in [6.07, 6.45) is 3.27. The van der Waals surface area contributed by atoms with Crippen molar-refractivity contribution in [2.45, 2.75) is 32.1 Å². The number of carbonyl (C=O) groups is 1. The lowest BCUT2D eigenvalue weighted by atomic mass is 9.90.